The number of hydrogen-bond acceptors (Lipinski definition) is 1. The van der Waals surface area contributed by atoms with Crippen molar-refractivity contribution in [3.63, 3.8) is 0 Å². The van der Waals surface area contributed by atoms with Crippen LogP contribution in [-0.4, -0.2) is 7.11 Å². The Morgan fingerprint density at radius 3 is 2.55 bits per heavy atom. The molecule has 0 aromatic heterocycles. The highest BCUT2D eigenvalue weighted by atomic mass is 79.9. The number of alkyl halides is 1. The second kappa shape index (κ2) is 6.52. The van der Waals surface area contributed by atoms with Gasteiger partial charge in [0.2, 0.25) is 0 Å². The Kier molecular flexibility index (Phi) is 5.19. The molecule has 2 aromatic rings. The molecular weight excluding hydrogens is 389 g/mol. The Morgan fingerprint density at radius 2 is 1.90 bits per heavy atom. The molecule has 6 heteroatoms. The summed E-state index contributed by atoms with van der Waals surface area (Å²) in [5, 5.41) is -0.271. The Balaban J connectivity index is 2.58. The van der Waals surface area contributed by atoms with Gasteiger partial charge in [0.15, 0.2) is 0 Å². The van der Waals surface area contributed by atoms with Crippen molar-refractivity contribution in [2.24, 2.45) is 0 Å². The van der Waals surface area contributed by atoms with Gasteiger partial charge in [-0.25, -0.2) is 4.39 Å². The fraction of sp³-hybridized carbons (Fsp3) is 0.143. The van der Waals surface area contributed by atoms with Gasteiger partial charge in [-0.3, -0.25) is 0 Å². The molecule has 106 valence electrons. The average molecular weight is 398 g/mol. The fourth-order valence-electron chi connectivity index (χ4n) is 1.87. The van der Waals surface area contributed by atoms with Crippen molar-refractivity contribution in [3.05, 3.63) is 61.8 Å². The number of benzene rings is 2. The first-order valence-corrected chi connectivity index (χ1v) is 7.55. The summed E-state index contributed by atoms with van der Waals surface area (Å²) in [7, 11) is 1.51. The van der Waals surface area contributed by atoms with Crippen molar-refractivity contribution in [1.82, 2.24) is 0 Å². The molecule has 1 unspecified atom stereocenters. The van der Waals surface area contributed by atoms with Gasteiger partial charge in [0.25, 0.3) is 0 Å². The van der Waals surface area contributed by atoms with Crippen LogP contribution in [0.15, 0.2) is 34.8 Å². The molecule has 1 nitrogen and oxygen atoms in total. The molecule has 0 radical (unpaired) electrons. The molecule has 0 heterocycles. The summed E-state index contributed by atoms with van der Waals surface area (Å²) in [5.74, 6) is -0.0407. The minimum atomic E-state index is -0.765. The lowest BCUT2D eigenvalue weighted by Crippen LogP contribution is -2.01. The first-order valence-electron chi connectivity index (χ1n) is 5.56. The Hall–Kier alpha value is -0.480. The standard InChI is InChI=1S/C14H9BrCl3FO/c1-20-14-9(5-7(16)6-10(14)15)12(18)8-3-2-4-11(17)13(8)19/h2-6,12H,1H3. The lowest BCUT2D eigenvalue weighted by molar-refractivity contribution is 0.407. The molecule has 0 saturated heterocycles. The van der Waals surface area contributed by atoms with E-state index < -0.39 is 11.2 Å². The maximum Gasteiger partial charge on any atom is 0.146 e. The van der Waals surface area contributed by atoms with Crippen LogP contribution in [-0.2, 0) is 0 Å². The Bertz CT molecular complexity index is 649. The van der Waals surface area contributed by atoms with E-state index >= 15 is 0 Å². The van der Waals surface area contributed by atoms with Crippen LogP contribution in [0.25, 0.3) is 0 Å². The predicted octanol–water partition coefficient (Wildman–Crippen LogP) is 6.23. The largest absolute Gasteiger partial charge is 0.495 e. The van der Waals surface area contributed by atoms with Crippen molar-refractivity contribution in [3.8, 4) is 5.75 Å². The summed E-state index contributed by atoms with van der Waals surface area (Å²) in [6, 6.07) is 8.01. The summed E-state index contributed by atoms with van der Waals surface area (Å²) in [4.78, 5) is 0. The monoisotopic (exact) mass is 396 g/mol. The number of methoxy groups -OCH3 is 1. The molecule has 1 atom stereocenters. The number of hydrogen-bond donors (Lipinski definition) is 0. The summed E-state index contributed by atoms with van der Waals surface area (Å²) >= 11 is 21.5. The highest BCUT2D eigenvalue weighted by Gasteiger charge is 2.22. The molecule has 0 aliphatic heterocycles. The molecule has 2 aromatic carbocycles. The van der Waals surface area contributed by atoms with Crippen LogP contribution in [0.5, 0.6) is 5.75 Å². The average Bonchev–Trinajstić information content (AvgIpc) is 2.40. The maximum absolute atomic E-state index is 14.1. The third-order valence-corrected chi connectivity index (χ3v) is 4.34. The van der Waals surface area contributed by atoms with Crippen LogP contribution < -0.4 is 4.74 Å². The Morgan fingerprint density at radius 1 is 1.20 bits per heavy atom. The number of rotatable bonds is 3. The van der Waals surface area contributed by atoms with E-state index in [9.17, 15) is 4.39 Å². The van der Waals surface area contributed by atoms with Crippen LogP contribution in [0.1, 0.15) is 16.5 Å². The smallest absolute Gasteiger partial charge is 0.146 e. The molecule has 0 fully saturated rings. The van der Waals surface area contributed by atoms with E-state index in [4.69, 9.17) is 39.5 Å². The quantitative estimate of drug-likeness (QED) is 0.557. The molecule has 20 heavy (non-hydrogen) atoms. The van der Waals surface area contributed by atoms with E-state index in [1.807, 2.05) is 0 Å². The molecule has 0 amide bonds. The number of halogens is 5. The first-order chi connectivity index (χ1) is 9.45. The summed E-state index contributed by atoms with van der Waals surface area (Å²) in [5.41, 5.74) is 0.835. The predicted molar refractivity (Wildman–Crippen MR) is 84.8 cm³/mol. The van der Waals surface area contributed by atoms with Crippen LogP contribution in [0.2, 0.25) is 10.0 Å². The fourth-order valence-corrected chi connectivity index (χ4v) is 3.38. The number of ether oxygens (including phenoxy) is 1. The molecule has 0 aliphatic carbocycles. The van der Waals surface area contributed by atoms with E-state index in [2.05, 4.69) is 15.9 Å². The lowest BCUT2D eigenvalue weighted by atomic mass is 10.0. The molecular formula is C14H9BrCl3FO. The zero-order valence-corrected chi connectivity index (χ0v) is 14.1. The van der Waals surface area contributed by atoms with Gasteiger partial charge in [-0.2, -0.15) is 0 Å². The van der Waals surface area contributed by atoms with Gasteiger partial charge in [-0.15, -0.1) is 11.6 Å². The molecule has 0 spiro atoms. The highest BCUT2D eigenvalue weighted by Crippen LogP contribution is 2.42. The first kappa shape index (κ1) is 15.9. The van der Waals surface area contributed by atoms with Crippen LogP contribution in [0.3, 0.4) is 0 Å². The summed E-state index contributed by atoms with van der Waals surface area (Å²) in [6.07, 6.45) is 0. The van der Waals surface area contributed by atoms with E-state index in [0.717, 1.165) is 0 Å². The van der Waals surface area contributed by atoms with Crippen molar-refractivity contribution in [2.45, 2.75) is 5.38 Å². The van der Waals surface area contributed by atoms with Gasteiger partial charge in [0, 0.05) is 16.1 Å². The van der Waals surface area contributed by atoms with Crippen molar-refractivity contribution in [1.29, 1.82) is 0 Å². The van der Waals surface area contributed by atoms with E-state index in [1.165, 1.54) is 13.2 Å². The van der Waals surface area contributed by atoms with E-state index in [0.29, 0.717) is 20.8 Å². The summed E-state index contributed by atoms with van der Waals surface area (Å²) < 4.78 is 20.0. The molecule has 0 saturated carbocycles. The van der Waals surface area contributed by atoms with Crippen LogP contribution in [0.4, 0.5) is 4.39 Å². The summed E-state index contributed by atoms with van der Waals surface area (Å²) in [6.45, 7) is 0. The zero-order valence-electron chi connectivity index (χ0n) is 10.3. The third-order valence-electron chi connectivity index (χ3n) is 2.77. The van der Waals surface area contributed by atoms with Crippen molar-refractivity contribution in [2.75, 3.05) is 7.11 Å². The highest BCUT2D eigenvalue weighted by molar-refractivity contribution is 9.10. The van der Waals surface area contributed by atoms with Gasteiger partial charge < -0.3 is 4.74 Å². The van der Waals surface area contributed by atoms with Crippen molar-refractivity contribution < 1.29 is 9.13 Å². The lowest BCUT2D eigenvalue weighted by Gasteiger charge is -2.17. The van der Waals surface area contributed by atoms with Crippen LogP contribution in [0, 0.1) is 5.82 Å². The van der Waals surface area contributed by atoms with Crippen LogP contribution >= 0.6 is 50.7 Å². The molecule has 2 rings (SSSR count). The maximum atomic E-state index is 14.1. The van der Waals surface area contributed by atoms with Crippen molar-refractivity contribution >= 4 is 50.7 Å². The molecule has 0 N–H and O–H groups in total. The van der Waals surface area contributed by atoms with Gasteiger partial charge in [0.1, 0.15) is 11.6 Å². The second-order valence-corrected chi connectivity index (χ2v) is 6.15. The third kappa shape index (κ3) is 3.06. The minimum absolute atomic E-state index is 0.0215. The Labute approximate surface area is 139 Å². The minimum Gasteiger partial charge on any atom is -0.495 e. The topological polar surface area (TPSA) is 9.23 Å². The molecule has 0 bridgehead atoms. The normalized spacial score (nSPS) is 12.3. The second-order valence-electron chi connectivity index (χ2n) is 4.02. The zero-order chi connectivity index (χ0) is 14.9. The van der Waals surface area contributed by atoms with Gasteiger partial charge in [0.05, 0.1) is 22.0 Å². The van der Waals surface area contributed by atoms with E-state index in [-0.39, 0.29) is 10.6 Å². The van der Waals surface area contributed by atoms with Gasteiger partial charge in [-0.1, -0.05) is 35.3 Å². The van der Waals surface area contributed by atoms with Gasteiger partial charge in [-0.05, 0) is 34.1 Å². The van der Waals surface area contributed by atoms with E-state index in [1.54, 1.807) is 24.3 Å². The van der Waals surface area contributed by atoms with Gasteiger partial charge >= 0.3 is 0 Å². The SMILES string of the molecule is COc1c(Br)cc(Cl)cc1C(Cl)c1cccc(Cl)c1F. The molecule has 0 aliphatic rings.